The summed E-state index contributed by atoms with van der Waals surface area (Å²) < 4.78 is 4.24. The summed E-state index contributed by atoms with van der Waals surface area (Å²) in [6, 6.07) is 0. The first-order valence-corrected chi connectivity index (χ1v) is 6.92. The third-order valence-corrected chi connectivity index (χ3v) is 3.97. The molecule has 6 heteroatoms. The molecule has 2 aromatic heterocycles. The summed E-state index contributed by atoms with van der Waals surface area (Å²) in [5.74, 6) is 1.77. The van der Waals surface area contributed by atoms with Gasteiger partial charge in [0.15, 0.2) is 0 Å². The first-order valence-electron chi connectivity index (χ1n) is 6.15. The maximum atomic E-state index is 4.62. The first-order chi connectivity index (χ1) is 8.76. The standard InChI is InChI=1S/C12H15N5S/c1-3-11-13-6-9-4-5-17(7-10(9)15-11)12-14-8(2)16-18-12/h6H,3-5,7H2,1-2H3. The van der Waals surface area contributed by atoms with E-state index in [1.54, 1.807) is 0 Å². The molecule has 0 N–H and O–H groups in total. The van der Waals surface area contributed by atoms with Crippen LogP contribution in [-0.2, 0) is 19.4 Å². The van der Waals surface area contributed by atoms with Gasteiger partial charge < -0.3 is 4.90 Å². The van der Waals surface area contributed by atoms with Crippen LogP contribution in [0.15, 0.2) is 6.20 Å². The van der Waals surface area contributed by atoms with Crippen LogP contribution in [0.1, 0.15) is 29.8 Å². The van der Waals surface area contributed by atoms with Crippen molar-refractivity contribution in [3.8, 4) is 0 Å². The normalized spacial score (nSPS) is 14.7. The Balaban J connectivity index is 1.87. The van der Waals surface area contributed by atoms with Crippen molar-refractivity contribution in [2.45, 2.75) is 33.2 Å². The number of aromatic nitrogens is 4. The van der Waals surface area contributed by atoms with E-state index in [1.165, 1.54) is 17.1 Å². The summed E-state index contributed by atoms with van der Waals surface area (Å²) in [6.07, 6.45) is 3.84. The highest BCUT2D eigenvalue weighted by molar-refractivity contribution is 7.09. The Morgan fingerprint density at radius 3 is 3.00 bits per heavy atom. The van der Waals surface area contributed by atoms with E-state index in [0.717, 1.165) is 48.4 Å². The van der Waals surface area contributed by atoms with Gasteiger partial charge in [0, 0.05) is 30.7 Å². The molecule has 0 amide bonds. The lowest BCUT2D eigenvalue weighted by Gasteiger charge is -2.27. The van der Waals surface area contributed by atoms with Crippen molar-refractivity contribution in [1.82, 2.24) is 19.3 Å². The highest BCUT2D eigenvalue weighted by Crippen LogP contribution is 2.24. The Bertz CT molecular complexity index is 565. The molecule has 0 radical (unpaired) electrons. The van der Waals surface area contributed by atoms with Gasteiger partial charge in [-0.2, -0.15) is 4.37 Å². The lowest BCUT2D eigenvalue weighted by atomic mass is 10.1. The molecule has 1 aliphatic heterocycles. The van der Waals surface area contributed by atoms with E-state index in [0.29, 0.717) is 0 Å². The summed E-state index contributed by atoms with van der Waals surface area (Å²) in [6.45, 7) is 5.79. The van der Waals surface area contributed by atoms with Gasteiger partial charge >= 0.3 is 0 Å². The molecule has 0 bridgehead atoms. The van der Waals surface area contributed by atoms with Crippen LogP contribution in [0.2, 0.25) is 0 Å². The van der Waals surface area contributed by atoms with Crippen LogP contribution >= 0.6 is 11.5 Å². The summed E-state index contributed by atoms with van der Waals surface area (Å²) in [5, 5.41) is 0.995. The van der Waals surface area contributed by atoms with Crippen molar-refractivity contribution in [3.63, 3.8) is 0 Å². The quantitative estimate of drug-likeness (QED) is 0.824. The molecule has 0 saturated carbocycles. The molecule has 5 nitrogen and oxygen atoms in total. The minimum absolute atomic E-state index is 0.819. The number of anilines is 1. The molecule has 0 atom stereocenters. The van der Waals surface area contributed by atoms with Gasteiger partial charge in [-0.05, 0) is 18.9 Å². The minimum atomic E-state index is 0.819. The predicted octanol–water partition coefficient (Wildman–Crippen LogP) is 1.76. The van der Waals surface area contributed by atoms with Crippen molar-refractivity contribution in [2.24, 2.45) is 0 Å². The Morgan fingerprint density at radius 2 is 2.28 bits per heavy atom. The van der Waals surface area contributed by atoms with Gasteiger partial charge in [-0.15, -0.1) is 0 Å². The number of hydrogen-bond acceptors (Lipinski definition) is 6. The fraction of sp³-hybridized carbons (Fsp3) is 0.500. The van der Waals surface area contributed by atoms with Gasteiger partial charge in [-0.3, -0.25) is 0 Å². The molecule has 0 aromatic carbocycles. The molecule has 0 saturated heterocycles. The zero-order valence-corrected chi connectivity index (χ0v) is 11.4. The summed E-state index contributed by atoms with van der Waals surface area (Å²) in [4.78, 5) is 15.7. The molecule has 18 heavy (non-hydrogen) atoms. The zero-order valence-electron chi connectivity index (χ0n) is 10.6. The summed E-state index contributed by atoms with van der Waals surface area (Å²) >= 11 is 1.46. The third-order valence-electron chi connectivity index (χ3n) is 3.10. The van der Waals surface area contributed by atoms with E-state index in [4.69, 9.17) is 0 Å². The molecule has 3 rings (SSSR count). The monoisotopic (exact) mass is 261 g/mol. The molecule has 94 valence electrons. The van der Waals surface area contributed by atoms with Crippen molar-refractivity contribution < 1.29 is 0 Å². The third kappa shape index (κ3) is 2.08. The Morgan fingerprint density at radius 1 is 1.39 bits per heavy atom. The van der Waals surface area contributed by atoms with Crippen LogP contribution in [0.3, 0.4) is 0 Å². The van der Waals surface area contributed by atoms with Gasteiger partial charge in [-0.25, -0.2) is 15.0 Å². The first kappa shape index (κ1) is 11.5. The van der Waals surface area contributed by atoms with Gasteiger partial charge in [-0.1, -0.05) is 6.92 Å². The van der Waals surface area contributed by atoms with E-state index in [-0.39, 0.29) is 0 Å². The predicted molar refractivity (Wildman–Crippen MR) is 70.8 cm³/mol. The van der Waals surface area contributed by atoms with E-state index in [1.807, 2.05) is 13.1 Å². The van der Waals surface area contributed by atoms with Crippen LogP contribution in [0, 0.1) is 6.92 Å². The second-order valence-electron chi connectivity index (χ2n) is 4.41. The Labute approximate surface area is 110 Å². The van der Waals surface area contributed by atoms with Crippen molar-refractivity contribution >= 4 is 16.7 Å². The van der Waals surface area contributed by atoms with Gasteiger partial charge in [0.1, 0.15) is 11.6 Å². The highest BCUT2D eigenvalue weighted by atomic mass is 32.1. The van der Waals surface area contributed by atoms with Crippen LogP contribution in [0.4, 0.5) is 5.13 Å². The average molecular weight is 261 g/mol. The van der Waals surface area contributed by atoms with Crippen LogP contribution < -0.4 is 4.90 Å². The number of fused-ring (bicyclic) bond motifs is 1. The second-order valence-corrected chi connectivity index (χ2v) is 5.14. The van der Waals surface area contributed by atoms with Crippen LogP contribution in [0.25, 0.3) is 0 Å². The molecule has 0 aliphatic carbocycles. The molecule has 0 unspecified atom stereocenters. The fourth-order valence-electron chi connectivity index (χ4n) is 2.09. The van der Waals surface area contributed by atoms with Crippen LogP contribution in [0.5, 0.6) is 0 Å². The zero-order chi connectivity index (χ0) is 12.5. The SMILES string of the molecule is CCc1ncc2c(n1)CN(c1nc(C)ns1)CC2. The molecule has 2 aromatic rings. The summed E-state index contributed by atoms with van der Waals surface area (Å²) in [5.41, 5.74) is 2.41. The van der Waals surface area contributed by atoms with E-state index in [9.17, 15) is 0 Å². The van der Waals surface area contributed by atoms with Crippen molar-refractivity contribution in [1.29, 1.82) is 0 Å². The molecular weight excluding hydrogens is 246 g/mol. The minimum Gasteiger partial charge on any atom is -0.341 e. The average Bonchev–Trinajstić information content (AvgIpc) is 2.84. The highest BCUT2D eigenvalue weighted by Gasteiger charge is 2.20. The van der Waals surface area contributed by atoms with Gasteiger partial charge in [0.2, 0.25) is 5.13 Å². The number of rotatable bonds is 2. The number of aryl methyl sites for hydroxylation is 2. The molecule has 0 fully saturated rings. The van der Waals surface area contributed by atoms with Gasteiger partial charge in [0.05, 0.1) is 12.2 Å². The van der Waals surface area contributed by atoms with Crippen molar-refractivity contribution in [2.75, 3.05) is 11.4 Å². The fourth-order valence-corrected chi connectivity index (χ4v) is 2.79. The lowest BCUT2D eigenvalue weighted by Crippen LogP contribution is -2.31. The topological polar surface area (TPSA) is 54.8 Å². The Kier molecular flexibility index (Phi) is 2.95. The Hall–Kier alpha value is -1.56. The maximum absolute atomic E-state index is 4.62. The van der Waals surface area contributed by atoms with Gasteiger partial charge in [0.25, 0.3) is 0 Å². The smallest absolute Gasteiger partial charge is 0.205 e. The molecule has 3 heterocycles. The maximum Gasteiger partial charge on any atom is 0.205 e. The second kappa shape index (κ2) is 4.61. The van der Waals surface area contributed by atoms with E-state index < -0.39 is 0 Å². The number of hydrogen-bond donors (Lipinski definition) is 0. The number of nitrogens with zero attached hydrogens (tertiary/aromatic N) is 5. The van der Waals surface area contributed by atoms with E-state index in [2.05, 4.69) is 31.1 Å². The largest absolute Gasteiger partial charge is 0.341 e. The van der Waals surface area contributed by atoms with Crippen LogP contribution in [-0.4, -0.2) is 25.9 Å². The molecular formula is C12H15N5S. The molecule has 0 spiro atoms. The van der Waals surface area contributed by atoms with E-state index >= 15 is 0 Å². The lowest BCUT2D eigenvalue weighted by molar-refractivity contribution is 0.690. The van der Waals surface area contributed by atoms with Crippen molar-refractivity contribution in [3.05, 3.63) is 29.1 Å². The molecule has 1 aliphatic rings. The summed E-state index contributed by atoms with van der Waals surface area (Å²) in [7, 11) is 0.